The van der Waals surface area contributed by atoms with Crippen LogP contribution < -0.4 is 10.1 Å². The zero-order valence-corrected chi connectivity index (χ0v) is 14.0. The summed E-state index contributed by atoms with van der Waals surface area (Å²) in [5, 5.41) is 3.32. The Morgan fingerprint density at radius 1 is 1.24 bits per heavy atom. The highest BCUT2D eigenvalue weighted by Gasteiger charge is 2.20. The van der Waals surface area contributed by atoms with E-state index in [1.54, 1.807) is 30.0 Å². The zero-order chi connectivity index (χ0) is 17.2. The number of methoxy groups -OCH3 is 1. The molecule has 2 aromatic heterocycles. The SMILES string of the molecule is COc1ccccc1C(=O)n1cc(C2=CCNCC2)c2ncccc21. The standard InChI is InChI=1S/C20H19N3O2/c1-25-18-7-3-2-5-15(18)20(24)23-13-16(14-8-11-21-12-9-14)19-17(23)6-4-10-22-19/h2-8,10,13,21H,9,11-12H2,1H3. The molecule has 0 aliphatic carbocycles. The maximum absolute atomic E-state index is 13.2. The molecular formula is C20H19N3O2. The number of fused-ring (bicyclic) bond motifs is 1. The third kappa shape index (κ3) is 2.72. The summed E-state index contributed by atoms with van der Waals surface area (Å²) < 4.78 is 7.03. The van der Waals surface area contributed by atoms with E-state index >= 15 is 0 Å². The van der Waals surface area contributed by atoms with Gasteiger partial charge in [-0.2, -0.15) is 0 Å². The minimum absolute atomic E-state index is 0.115. The van der Waals surface area contributed by atoms with Crippen LogP contribution in [0.1, 0.15) is 22.3 Å². The van der Waals surface area contributed by atoms with E-state index in [4.69, 9.17) is 4.74 Å². The molecule has 0 unspecified atom stereocenters. The number of carbonyl (C=O) groups is 1. The lowest BCUT2D eigenvalue weighted by Crippen LogP contribution is -2.20. The Morgan fingerprint density at radius 2 is 2.12 bits per heavy atom. The second-order valence-corrected chi connectivity index (χ2v) is 5.97. The van der Waals surface area contributed by atoms with E-state index in [1.165, 1.54) is 5.57 Å². The molecule has 1 aliphatic heterocycles. The minimum atomic E-state index is -0.115. The van der Waals surface area contributed by atoms with E-state index in [9.17, 15) is 4.79 Å². The van der Waals surface area contributed by atoms with Crippen LogP contribution in [0.5, 0.6) is 5.75 Å². The highest BCUT2D eigenvalue weighted by atomic mass is 16.5. The molecule has 5 nitrogen and oxygen atoms in total. The van der Waals surface area contributed by atoms with Crippen molar-refractivity contribution < 1.29 is 9.53 Å². The third-order valence-corrected chi connectivity index (χ3v) is 4.53. The Kier molecular flexibility index (Phi) is 4.07. The molecule has 25 heavy (non-hydrogen) atoms. The van der Waals surface area contributed by atoms with Gasteiger partial charge in [-0.25, -0.2) is 0 Å². The third-order valence-electron chi connectivity index (χ3n) is 4.53. The van der Waals surface area contributed by atoms with Crippen molar-refractivity contribution in [2.45, 2.75) is 6.42 Å². The van der Waals surface area contributed by atoms with Gasteiger partial charge >= 0.3 is 0 Å². The number of ether oxygens (including phenoxy) is 1. The lowest BCUT2D eigenvalue weighted by Gasteiger charge is -2.12. The van der Waals surface area contributed by atoms with Crippen LogP contribution in [0.15, 0.2) is 54.9 Å². The lowest BCUT2D eigenvalue weighted by molar-refractivity contribution is 0.0962. The average molecular weight is 333 g/mol. The van der Waals surface area contributed by atoms with Crippen LogP contribution in [0.4, 0.5) is 0 Å². The number of nitrogens with zero attached hydrogens (tertiary/aromatic N) is 2. The van der Waals surface area contributed by atoms with Crippen molar-refractivity contribution in [3.8, 4) is 5.75 Å². The van der Waals surface area contributed by atoms with E-state index in [1.807, 2.05) is 30.5 Å². The molecule has 0 amide bonds. The lowest BCUT2D eigenvalue weighted by atomic mass is 10.0. The van der Waals surface area contributed by atoms with Gasteiger partial charge in [0.25, 0.3) is 5.91 Å². The van der Waals surface area contributed by atoms with Gasteiger partial charge in [0.2, 0.25) is 0 Å². The predicted molar refractivity (Wildman–Crippen MR) is 97.9 cm³/mol. The molecule has 0 fully saturated rings. The first-order valence-corrected chi connectivity index (χ1v) is 8.33. The number of pyridine rings is 1. The molecule has 0 saturated carbocycles. The molecule has 3 aromatic rings. The number of para-hydroxylation sites is 1. The molecule has 1 aliphatic rings. The maximum Gasteiger partial charge on any atom is 0.266 e. The van der Waals surface area contributed by atoms with Crippen molar-refractivity contribution in [1.82, 2.24) is 14.9 Å². The topological polar surface area (TPSA) is 56.1 Å². The Hall–Kier alpha value is -2.92. The van der Waals surface area contributed by atoms with Crippen molar-refractivity contribution in [2.75, 3.05) is 20.2 Å². The molecule has 5 heteroatoms. The van der Waals surface area contributed by atoms with Gasteiger partial charge in [-0.15, -0.1) is 0 Å². The summed E-state index contributed by atoms with van der Waals surface area (Å²) >= 11 is 0. The van der Waals surface area contributed by atoms with Gasteiger partial charge in [0.05, 0.1) is 23.7 Å². The molecule has 0 radical (unpaired) electrons. The molecule has 4 rings (SSSR count). The predicted octanol–water partition coefficient (Wildman–Crippen LogP) is 3.11. The molecule has 126 valence electrons. The summed E-state index contributed by atoms with van der Waals surface area (Å²) in [6.07, 6.45) is 6.78. The Morgan fingerprint density at radius 3 is 2.92 bits per heavy atom. The van der Waals surface area contributed by atoms with Crippen molar-refractivity contribution in [2.24, 2.45) is 0 Å². The van der Waals surface area contributed by atoms with Gasteiger partial charge in [-0.3, -0.25) is 14.3 Å². The van der Waals surface area contributed by atoms with E-state index in [0.29, 0.717) is 11.3 Å². The summed E-state index contributed by atoms with van der Waals surface area (Å²) in [6.45, 7) is 1.78. The monoisotopic (exact) mass is 333 g/mol. The molecule has 3 heterocycles. The summed E-state index contributed by atoms with van der Waals surface area (Å²) in [6, 6.07) is 11.1. The van der Waals surface area contributed by atoms with E-state index < -0.39 is 0 Å². The van der Waals surface area contributed by atoms with Crippen molar-refractivity contribution >= 4 is 22.5 Å². The zero-order valence-electron chi connectivity index (χ0n) is 14.0. The highest BCUT2D eigenvalue weighted by molar-refractivity contribution is 6.05. The second-order valence-electron chi connectivity index (χ2n) is 5.97. The van der Waals surface area contributed by atoms with Gasteiger partial charge in [-0.05, 0) is 42.8 Å². The molecule has 1 N–H and O–H groups in total. The van der Waals surface area contributed by atoms with Gasteiger partial charge in [0.1, 0.15) is 5.75 Å². The maximum atomic E-state index is 13.2. The number of hydrogen-bond donors (Lipinski definition) is 1. The Balaban J connectivity index is 1.88. The van der Waals surface area contributed by atoms with Crippen molar-refractivity contribution in [1.29, 1.82) is 0 Å². The summed E-state index contributed by atoms with van der Waals surface area (Å²) in [4.78, 5) is 17.7. The van der Waals surface area contributed by atoms with Crippen molar-refractivity contribution in [3.05, 3.63) is 66.0 Å². The first-order chi connectivity index (χ1) is 12.3. The number of benzene rings is 1. The summed E-state index contributed by atoms with van der Waals surface area (Å²) in [5.74, 6) is 0.456. The molecule has 0 spiro atoms. The minimum Gasteiger partial charge on any atom is -0.496 e. The van der Waals surface area contributed by atoms with Gasteiger partial charge < -0.3 is 10.1 Å². The highest BCUT2D eigenvalue weighted by Crippen LogP contribution is 2.30. The van der Waals surface area contributed by atoms with Crippen LogP contribution in [-0.4, -0.2) is 35.7 Å². The molecular weight excluding hydrogens is 314 g/mol. The quantitative estimate of drug-likeness (QED) is 0.800. The molecule has 0 saturated heterocycles. The fourth-order valence-electron chi connectivity index (χ4n) is 3.28. The number of nitrogens with one attached hydrogen (secondary N) is 1. The van der Waals surface area contributed by atoms with Gasteiger partial charge in [-0.1, -0.05) is 18.2 Å². The molecule has 1 aromatic carbocycles. The van der Waals surface area contributed by atoms with Crippen LogP contribution in [0.3, 0.4) is 0 Å². The van der Waals surface area contributed by atoms with Crippen molar-refractivity contribution in [3.63, 3.8) is 0 Å². The Labute approximate surface area is 145 Å². The number of aromatic nitrogens is 2. The number of rotatable bonds is 3. The van der Waals surface area contributed by atoms with Crippen LogP contribution >= 0.6 is 0 Å². The van der Waals surface area contributed by atoms with Crippen LogP contribution in [0, 0.1) is 0 Å². The normalized spacial score (nSPS) is 14.4. The fraction of sp³-hybridized carbons (Fsp3) is 0.200. The van der Waals surface area contributed by atoms with Crippen LogP contribution in [-0.2, 0) is 0 Å². The molecule has 0 atom stereocenters. The number of carbonyl (C=O) groups excluding carboxylic acids is 1. The second kappa shape index (κ2) is 6.53. The van der Waals surface area contributed by atoms with E-state index in [-0.39, 0.29) is 5.91 Å². The average Bonchev–Trinajstić information content (AvgIpc) is 3.08. The van der Waals surface area contributed by atoms with Crippen LogP contribution in [0.2, 0.25) is 0 Å². The smallest absolute Gasteiger partial charge is 0.266 e. The first-order valence-electron chi connectivity index (χ1n) is 8.33. The fourth-order valence-corrected chi connectivity index (χ4v) is 3.28. The summed E-state index contributed by atoms with van der Waals surface area (Å²) in [5.41, 5.74) is 4.47. The largest absolute Gasteiger partial charge is 0.496 e. The number of hydrogen-bond acceptors (Lipinski definition) is 4. The van der Waals surface area contributed by atoms with Crippen LogP contribution in [0.25, 0.3) is 16.6 Å². The van der Waals surface area contributed by atoms with Gasteiger partial charge in [0, 0.05) is 24.5 Å². The van der Waals surface area contributed by atoms with E-state index in [2.05, 4.69) is 16.4 Å². The molecule has 0 bridgehead atoms. The van der Waals surface area contributed by atoms with Gasteiger partial charge in [0.15, 0.2) is 0 Å². The first kappa shape index (κ1) is 15.6. The van der Waals surface area contributed by atoms with E-state index in [0.717, 1.165) is 36.1 Å². The Bertz CT molecular complexity index is 972. The summed E-state index contributed by atoms with van der Waals surface area (Å²) in [7, 11) is 1.58.